The maximum absolute atomic E-state index is 12.8. The van der Waals surface area contributed by atoms with Crippen LogP contribution in [0.2, 0.25) is 0 Å². The van der Waals surface area contributed by atoms with Gasteiger partial charge in [0.1, 0.15) is 0 Å². The number of carboxylic acid groups (broad SMARTS) is 1. The lowest BCUT2D eigenvalue weighted by Gasteiger charge is -2.32. The maximum Gasteiger partial charge on any atom is 0.303 e. The number of carbonyl (C=O) groups excluding carboxylic acids is 1. The van der Waals surface area contributed by atoms with Gasteiger partial charge >= 0.3 is 5.97 Å². The molecule has 24 heavy (non-hydrogen) atoms. The van der Waals surface area contributed by atoms with E-state index in [9.17, 15) is 9.59 Å². The summed E-state index contributed by atoms with van der Waals surface area (Å²) in [5.74, 6) is -0.498. The first kappa shape index (κ1) is 16.2. The number of rotatable bonds is 5. The van der Waals surface area contributed by atoms with E-state index < -0.39 is 5.97 Å². The number of carbonyl (C=O) groups is 2. The fourth-order valence-corrected chi connectivity index (χ4v) is 3.20. The van der Waals surface area contributed by atoms with Crippen LogP contribution in [0, 0.1) is 5.92 Å². The van der Waals surface area contributed by atoms with Crippen LogP contribution in [-0.2, 0) is 4.79 Å². The lowest BCUT2D eigenvalue weighted by molar-refractivity contribution is -0.137. The third-order valence-corrected chi connectivity index (χ3v) is 4.43. The third-order valence-electron chi connectivity index (χ3n) is 4.43. The molecule has 0 aliphatic carbocycles. The molecule has 1 saturated heterocycles. The molecule has 2 aromatic rings. The number of benzene rings is 1. The van der Waals surface area contributed by atoms with Crippen LogP contribution < -0.4 is 0 Å². The quantitative estimate of drug-likeness (QED) is 0.916. The molecule has 1 aromatic heterocycles. The van der Waals surface area contributed by atoms with Crippen LogP contribution in [0.15, 0.2) is 42.7 Å². The molecular formula is C18H21N3O3. The SMILES string of the molecule is O=C(O)CC[C@H]1CCCN(C(=O)c2cccc(-n3cccn3)c2)C1. The number of piperidine rings is 1. The summed E-state index contributed by atoms with van der Waals surface area (Å²) in [5, 5.41) is 13.0. The van der Waals surface area contributed by atoms with E-state index in [1.54, 1.807) is 10.9 Å². The van der Waals surface area contributed by atoms with E-state index in [4.69, 9.17) is 5.11 Å². The second-order valence-corrected chi connectivity index (χ2v) is 6.19. The Morgan fingerprint density at radius 3 is 2.92 bits per heavy atom. The van der Waals surface area contributed by atoms with Gasteiger partial charge in [0.05, 0.1) is 5.69 Å². The number of aromatic nitrogens is 2. The van der Waals surface area contributed by atoms with Crippen LogP contribution >= 0.6 is 0 Å². The number of aliphatic carboxylic acids is 1. The van der Waals surface area contributed by atoms with Gasteiger partial charge in [-0.3, -0.25) is 9.59 Å². The molecule has 1 aliphatic heterocycles. The number of hydrogen-bond donors (Lipinski definition) is 1. The monoisotopic (exact) mass is 327 g/mol. The van der Waals surface area contributed by atoms with Crippen molar-refractivity contribution in [2.75, 3.05) is 13.1 Å². The third kappa shape index (κ3) is 3.82. The Kier molecular flexibility index (Phi) is 4.93. The molecule has 1 aliphatic rings. The zero-order valence-electron chi connectivity index (χ0n) is 13.5. The molecule has 1 N–H and O–H groups in total. The van der Waals surface area contributed by atoms with E-state index in [0.717, 1.165) is 25.1 Å². The molecule has 6 heteroatoms. The molecule has 0 radical (unpaired) electrons. The number of likely N-dealkylation sites (tertiary alicyclic amines) is 1. The molecule has 0 saturated carbocycles. The van der Waals surface area contributed by atoms with Gasteiger partial charge < -0.3 is 10.0 Å². The Balaban J connectivity index is 1.69. The summed E-state index contributed by atoms with van der Waals surface area (Å²) in [7, 11) is 0. The van der Waals surface area contributed by atoms with Gasteiger partial charge in [-0.05, 0) is 49.4 Å². The summed E-state index contributed by atoms with van der Waals surface area (Å²) < 4.78 is 1.72. The van der Waals surface area contributed by atoms with E-state index in [1.165, 1.54) is 0 Å². The second kappa shape index (κ2) is 7.29. The molecule has 0 bridgehead atoms. The first-order valence-electron chi connectivity index (χ1n) is 8.24. The van der Waals surface area contributed by atoms with E-state index in [-0.39, 0.29) is 18.2 Å². The van der Waals surface area contributed by atoms with Crippen molar-refractivity contribution in [3.05, 3.63) is 48.3 Å². The highest BCUT2D eigenvalue weighted by Gasteiger charge is 2.25. The van der Waals surface area contributed by atoms with Crippen LogP contribution in [0.4, 0.5) is 0 Å². The molecule has 1 aromatic carbocycles. The minimum Gasteiger partial charge on any atom is -0.481 e. The van der Waals surface area contributed by atoms with Crippen LogP contribution in [0.5, 0.6) is 0 Å². The minimum absolute atomic E-state index is 0.00373. The van der Waals surface area contributed by atoms with Crippen LogP contribution in [-0.4, -0.2) is 44.8 Å². The summed E-state index contributed by atoms with van der Waals surface area (Å²) >= 11 is 0. The van der Waals surface area contributed by atoms with Gasteiger partial charge in [0, 0.05) is 37.5 Å². The van der Waals surface area contributed by atoms with Crippen LogP contribution in [0.25, 0.3) is 5.69 Å². The molecule has 3 rings (SSSR count). The first-order valence-corrected chi connectivity index (χ1v) is 8.24. The maximum atomic E-state index is 12.8. The Morgan fingerprint density at radius 1 is 1.29 bits per heavy atom. The standard InChI is InChI=1S/C18H21N3O3/c22-17(23)8-7-14-4-2-10-20(13-14)18(24)15-5-1-6-16(12-15)21-11-3-9-19-21/h1,3,5-6,9,11-12,14H,2,4,7-8,10,13H2,(H,22,23)/t14-/m1/s1. The highest BCUT2D eigenvalue weighted by molar-refractivity contribution is 5.94. The number of amides is 1. The normalized spacial score (nSPS) is 17.7. The minimum atomic E-state index is -0.773. The van der Waals surface area contributed by atoms with Crippen molar-refractivity contribution < 1.29 is 14.7 Å². The molecule has 0 spiro atoms. The molecule has 2 heterocycles. The molecule has 1 fully saturated rings. The van der Waals surface area contributed by atoms with E-state index in [1.807, 2.05) is 41.4 Å². The smallest absolute Gasteiger partial charge is 0.303 e. The average Bonchev–Trinajstić information content (AvgIpc) is 3.14. The zero-order chi connectivity index (χ0) is 16.9. The van der Waals surface area contributed by atoms with E-state index >= 15 is 0 Å². The van der Waals surface area contributed by atoms with Gasteiger partial charge in [0.2, 0.25) is 0 Å². The molecule has 1 atom stereocenters. The van der Waals surface area contributed by atoms with Crippen molar-refractivity contribution in [3.63, 3.8) is 0 Å². The predicted octanol–water partition coefficient (Wildman–Crippen LogP) is 2.59. The molecule has 126 valence electrons. The predicted molar refractivity (Wildman–Crippen MR) is 89.1 cm³/mol. The van der Waals surface area contributed by atoms with Crippen molar-refractivity contribution in [3.8, 4) is 5.69 Å². The van der Waals surface area contributed by atoms with Crippen molar-refractivity contribution in [2.24, 2.45) is 5.92 Å². The Labute approximate surface area is 140 Å². The molecule has 1 amide bonds. The van der Waals surface area contributed by atoms with Gasteiger partial charge in [0.25, 0.3) is 5.91 Å². The average molecular weight is 327 g/mol. The zero-order valence-corrected chi connectivity index (χ0v) is 13.5. The molecular weight excluding hydrogens is 306 g/mol. The highest BCUT2D eigenvalue weighted by atomic mass is 16.4. The van der Waals surface area contributed by atoms with E-state index in [0.29, 0.717) is 18.5 Å². The fraction of sp³-hybridized carbons (Fsp3) is 0.389. The molecule has 6 nitrogen and oxygen atoms in total. The Hall–Kier alpha value is -2.63. The van der Waals surface area contributed by atoms with Crippen molar-refractivity contribution >= 4 is 11.9 Å². The highest BCUT2D eigenvalue weighted by Crippen LogP contribution is 2.23. The summed E-state index contributed by atoms with van der Waals surface area (Å²) in [6.45, 7) is 1.37. The van der Waals surface area contributed by atoms with Crippen molar-refractivity contribution in [2.45, 2.75) is 25.7 Å². The van der Waals surface area contributed by atoms with E-state index in [2.05, 4.69) is 5.10 Å². The number of nitrogens with zero attached hydrogens (tertiary/aromatic N) is 3. The van der Waals surface area contributed by atoms with Gasteiger partial charge in [0.15, 0.2) is 0 Å². The van der Waals surface area contributed by atoms with Gasteiger partial charge in [-0.15, -0.1) is 0 Å². The van der Waals surface area contributed by atoms with Crippen LogP contribution in [0.3, 0.4) is 0 Å². The number of hydrogen-bond acceptors (Lipinski definition) is 3. The Morgan fingerprint density at radius 2 is 2.17 bits per heavy atom. The van der Waals surface area contributed by atoms with Gasteiger partial charge in [-0.25, -0.2) is 4.68 Å². The lowest BCUT2D eigenvalue weighted by atomic mass is 9.93. The number of carboxylic acids is 1. The molecule has 0 unspecified atom stereocenters. The topological polar surface area (TPSA) is 75.4 Å². The summed E-state index contributed by atoms with van der Waals surface area (Å²) in [6.07, 6.45) is 6.26. The van der Waals surface area contributed by atoms with Crippen molar-refractivity contribution in [1.29, 1.82) is 0 Å². The van der Waals surface area contributed by atoms with Crippen LogP contribution in [0.1, 0.15) is 36.0 Å². The first-order chi connectivity index (χ1) is 11.6. The van der Waals surface area contributed by atoms with Gasteiger partial charge in [-0.2, -0.15) is 5.10 Å². The van der Waals surface area contributed by atoms with Crippen molar-refractivity contribution in [1.82, 2.24) is 14.7 Å². The summed E-state index contributed by atoms with van der Waals surface area (Å²) in [6, 6.07) is 9.27. The fourth-order valence-electron chi connectivity index (χ4n) is 3.20. The lowest BCUT2D eigenvalue weighted by Crippen LogP contribution is -2.40. The largest absolute Gasteiger partial charge is 0.481 e. The Bertz CT molecular complexity index is 712. The second-order valence-electron chi connectivity index (χ2n) is 6.19. The summed E-state index contributed by atoms with van der Waals surface area (Å²) in [4.78, 5) is 25.4. The van der Waals surface area contributed by atoms with Gasteiger partial charge in [-0.1, -0.05) is 6.07 Å². The summed E-state index contributed by atoms with van der Waals surface area (Å²) in [5.41, 5.74) is 1.49.